The van der Waals surface area contributed by atoms with Crippen molar-refractivity contribution in [3.63, 3.8) is 0 Å². The molecule has 3 heterocycles. The van der Waals surface area contributed by atoms with Gasteiger partial charge in [0.1, 0.15) is 17.1 Å². The van der Waals surface area contributed by atoms with Crippen LogP contribution in [0.5, 0.6) is 17.5 Å². The number of pyridine rings is 1. The minimum absolute atomic E-state index is 0.139. The van der Waals surface area contributed by atoms with Crippen LogP contribution in [-0.2, 0) is 17.6 Å². The molecule has 5 aromatic rings. The van der Waals surface area contributed by atoms with Crippen LogP contribution >= 0.6 is 0 Å². The maximum Gasteiger partial charge on any atom is 0.316 e. The third-order valence-electron chi connectivity index (χ3n) is 7.36. The average molecular weight is 564 g/mol. The topological polar surface area (TPSA) is 104 Å². The first kappa shape index (κ1) is 27.4. The van der Waals surface area contributed by atoms with Gasteiger partial charge in [0.15, 0.2) is 0 Å². The van der Waals surface area contributed by atoms with Crippen molar-refractivity contribution in [3.8, 4) is 39.8 Å². The van der Waals surface area contributed by atoms with E-state index in [1.54, 1.807) is 12.4 Å². The first-order chi connectivity index (χ1) is 20.1. The fourth-order valence-electron chi connectivity index (χ4n) is 5.69. The van der Waals surface area contributed by atoms with E-state index in [4.69, 9.17) is 19.2 Å². The van der Waals surface area contributed by atoms with Crippen LogP contribution in [0.1, 0.15) is 44.4 Å². The molecule has 0 spiro atoms. The molecule has 0 radical (unpaired) electrons. The summed E-state index contributed by atoms with van der Waals surface area (Å²) >= 11 is 0. The Labute approximate surface area is 244 Å². The molecule has 1 aliphatic heterocycles. The average Bonchev–Trinajstić information content (AvgIpc) is 2.94. The summed E-state index contributed by atoms with van der Waals surface area (Å²) in [5, 5.41) is 12.8. The van der Waals surface area contributed by atoms with Gasteiger partial charge < -0.3 is 19.3 Å². The summed E-state index contributed by atoms with van der Waals surface area (Å²) in [6, 6.07) is 12.5. The minimum atomic E-state index is -0.904. The number of carbonyl (C=O) groups is 1. The lowest BCUT2D eigenvalue weighted by atomic mass is 9.85. The van der Waals surface area contributed by atoms with Gasteiger partial charge in [-0.25, -0.2) is 9.97 Å². The molecule has 0 amide bonds. The van der Waals surface area contributed by atoms with Crippen molar-refractivity contribution in [3.05, 3.63) is 71.7 Å². The Hall–Kier alpha value is -4.72. The van der Waals surface area contributed by atoms with E-state index in [9.17, 15) is 9.90 Å². The van der Waals surface area contributed by atoms with Gasteiger partial charge in [0.05, 0.1) is 30.7 Å². The number of aliphatic carboxylic acids is 1. The molecule has 8 nitrogen and oxygen atoms in total. The zero-order valence-electron chi connectivity index (χ0n) is 24.4. The molecule has 2 aromatic heterocycles. The van der Waals surface area contributed by atoms with Gasteiger partial charge in [-0.15, -0.1) is 0 Å². The highest BCUT2D eigenvalue weighted by atomic mass is 16.5. The SMILES string of the molecule is CCOc1ncc(-c2ccc3c(-c4c(OC(C)(C)C)cc5c6c(ccnc46)CCO5)c(CC(=O)O)c(C)cc3c2)cn1. The van der Waals surface area contributed by atoms with Crippen LogP contribution in [-0.4, -0.2) is 44.8 Å². The number of hydrogen-bond acceptors (Lipinski definition) is 7. The van der Waals surface area contributed by atoms with Gasteiger partial charge in [0.25, 0.3) is 0 Å². The molecule has 0 aliphatic carbocycles. The lowest BCUT2D eigenvalue weighted by Gasteiger charge is -2.28. The summed E-state index contributed by atoms with van der Waals surface area (Å²) in [5.74, 6) is 0.440. The first-order valence-corrected chi connectivity index (χ1v) is 14.1. The summed E-state index contributed by atoms with van der Waals surface area (Å²) in [4.78, 5) is 25.7. The molecule has 214 valence electrons. The summed E-state index contributed by atoms with van der Waals surface area (Å²) in [7, 11) is 0. The Bertz CT molecular complexity index is 1840. The maximum atomic E-state index is 12.2. The number of aryl methyl sites for hydroxylation is 1. The smallest absolute Gasteiger partial charge is 0.316 e. The summed E-state index contributed by atoms with van der Waals surface area (Å²) < 4.78 is 18.1. The number of ether oxygens (including phenoxy) is 3. The van der Waals surface area contributed by atoms with Crippen LogP contribution in [0.25, 0.3) is 43.9 Å². The van der Waals surface area contributed by atoms with Crippen molar-refractivity contribution < 1.29 is 24.1 Å². The van der Waals surface area contributed by atoms with E-state index in [-0.39, 0.29) is 6.42 Å². The highest BCUT2D eigenvalue weighted by molar-refractivity contribution is 6.11. The molecule has 0 atom stereocenters. The van der Waals surface area contributed by atoms with Crippen molar-refractivity contribution in [2.45, 2.75) is 53.1 Å². The van der Waals surface area contributed by atoms with Gasteiger partial charge in [-0.2, -0.15) is 0 Å². The van der Waals surface area contributed by atoms with Crippen molar-refractivity contribution in [1.29, 1.82) is 0 Å². The zero-order valence-corrected chi connectivity index (χ0v) is 24.4. The molecule has 1 aliphatic rings. The van der Waals surface area contributed by atoms with Gasteiger partial charge in [-0.3, -0.25) is 9.78 Å². The molecule has 42 heavy (non-hydrogen) atoms. The summed E-state index contributed by atoms with van der Waals surface area (Å²) in [5.41, 5.74) is 6.35. The second-order valence-electron chi connectivity index (χ2n) is 11.5. The molecule has 0 saturated carbocycles. The Morgan fingerprint density at radius 3 is 2.52 bits per heavy atom. The standard InChI is InChI=1S/C34H33N3O5/c1-6-40-33-36-17-23(18-37-33)21-7-8-24-22(14-21)13-19(2)25(15-28(38)39)30(24)31-27(42-34(3,4)5)16-26-29-20(10-12-41-26)9-11-35-32(29)31/h7-9,11,13-14,16-18H,6,10,12,15H2,1-5H3,(H,38,39). The predicted molar refractivity (Wildman–Crippen MR) is 163 cm³/mol. The number of carboxylic acids is 1. The second kappa shape index (κ2) is 10.6. The Kier molecular flexibility index (Phi) is 6.93. The van der Waals surface area contributed by atoms with Crippen molar-refractivity contribution in [2.24, 2.45) is 0 Å². The predicted octanol–water partition coefficient (Wildman–Crippen LogP) is 6.96. The monoisotopic (exact) mass is 563 g/mol. The van der Waals surface area contributed by atoms with Crippen LogP contribution in [0.15, 0.2) is 55.0 Å². The zero-order chi connectivity index (χ0) is 29.6. The third kappa shape index (κ3) is 5.09. The van der Waals surface area contributed by atoms with Crippen LogP contribution in [0.3, 0.4) is 0 Å². The van der Waals surface area contributed by atoms with Gasteiger partial charge >= 0.3 is 12.0 Å². The molecular formula is C34H33N3O5. The van der Waals surface area contributed by atoms with Crippen LogP contribution in [0.4, 0.5) is 0 Å². The van der Waals surface area contributed by atoms with Gasteiger partial charge in [-0.1, -0.05) is 18.2 Å². The second-order valence-corrected chi connectivity index (χ2v) is 11.5. The van der Waals surface area contributed by atoms with Crippen LogP contribution < -0.4 is 14.2 Å². The molecular weight excluding hydrogens is 530 g/mol. The molecule has 6 rings (SSSR count). The number of fused-ring (bicyclic) bond motifs is 1. The molecule has 8 heteroatoms. The summed E-state index contributed by atoms with van der Waals surface area (Å²) in [6.45, 7) is 10.9. The summed E-state index contributed by atoms with van der Waals surface area (Å²) in [6.07, 6.45) is 5.94. The van der Waals surface area contributed by atoms with Gasteiger partial charge in [0, 0.05) is 42.0 Å². The van der Waals surface area contributed by atoms with E-state index >= 15 is 0 Å². The van der Waals surface area contributed by atoms with Crippen molar-refractivity contribution in [2.75, 3.05) is 13.2 Å². The quantitative estimate of drug-likeness (QED) is 0.227. The highest BCUT2D eigenvalue weighted by Crippen LogP contribution is 2.48. The van der Waals surface area contributed by atoms with E-state index in [1.807, 2.05) is 71.1 Å². The van der Waals surface area contributed by atoms with Crippen LogP contribution in [0, 0.1) is 6.92 Å². The minimum Gasteiger partial charge on any atom is -0.492 e. The molecule has 0 saturated heterocycles. The van der Waals surface area contributed by atoms with E-state index in [2.05, 4.69) is 16.0 Å². The largest absolute Gasteiger partial charge is 0.492 e. The number of benzene rings is 3. The van der Waals surface area contributed by atoms with E-state index in [1.165, 1.54) is 0 Å². The van der Waals surface area contributed by atoms with Gasteiger partial charge in [0.2, 0.25) is 0 Å². The molecule has 0 bridgehead atoms. The fourth-order valence-corrected chi connectivity index (χ4v) is 5.69. The van der Waals surface area contributed by atoms with Crippen molar-refractivity contribution in [1.82, 2.24) is 15.0 Å². The lowest BCUT2D eigenvalue weighted by Crippen LogP contribution is -2.24. The molecule has 0 fully saturated rings. The van der Waals surface area contributed by atoms with Crippen molar-refractivity contribution >= 4 is 27.6 Å². The van der Waals surface area contributed by atoms with E-state index in [0.717, 1.165) is 72.8 Å². The number of nitrogens with zero attached hydrogens (tertiary/aromatic N) is 3. The number of carboxylic acid groups (broad SMARTS) is 1. The normalized spacial score (nSPS) is 12.8. The molecule has 1 N–H and O–H groups in total. The first-order valence-electron chi connectivity index (χ1n) is 14.1. The van der Waals surface area contributed by atoms with E-state index in [0.29, 0.717) is 25.0 Å². The third-order valence-corrected chi connectivity index (χ3v) is 7.36. The van der Waals surface area contributed by atoms with Crippen LogP contribution in [0.2, 0.25) is 0 Å². The highest BCUT2D eigenvalue weighted by Gasteiger charge is 2.28. The Balaban J connectivity index is 1.67. The maximum absolute atomic E-state index is 12.2. The lowest BCUT2D eigenvalue weighted by molar-refractivity contribution is -0.136. The van der Waals surface area contributed by atoms with Gasteiger partial charge in [-0.05, 0) is 85.3 Å². The number of rotatable bonds is 7. The number of hydrogen-bond donors (Lipinski definition) is 1. The molecule has 0 unspecified atom stereocenters. The Morgan fingerprint density at radius 1 is 1.02 bits per heavy atom. The number of aromatic nitrogens is 3. The van der Waals surface area contributed by atoms with E-state index < -0.39 is 11.6 Å². The fraction of sp³-hybridized carbons (Fsp3) is 0.294. The Morgan fingerprint density at radius 2 is 1.81 bits per heavy atom. The molecule has 3 aromatic carbocycles.